The first-order chi connectivity index (χ1) is 16.8. The number of carbonyl (C=O) groups is 3. The molecular formula is C26H37N3O6. The number of amides is 2. The van der Waals surface area contributed by atoms with Crippen molar-refractivity contribution in [2.24, 2.45) is 11.8 Å². The number of aliphatic hydroxyl groups is 1. The summed E-state index contributed by atoms with van der Waals surface area (Å²) in [4.78, 5) is 44.0. The van der Waals surface area contributed by atoms with Crippen LogP contribution in [0, 0.1) is 11.8 Å². The molecule has 2 amide bonds. The number of β-amino-alcohol motifs (C(OH)–C–C–N with tert-alkyl or cyclic N) is 1. The molecule has 35 heavy (non-hydrogen) atoms. The van der Waals surface area contributed by atoms with Gasteiger partial charge in [-0.15, -0.1) is 0 Å². The predicted molar refractivity (Wildman–Crippen MR) is 131 cm³/mol. The zero-order valence-corrected chi connectivity index (χ0v) is 21.1. The van der Waals surface area contributed by atoms with Gasteiger partial charge in [0.15, 0.2) is 0 Å². The summed E-state index contributed by atoms with van der Waals surface area (Å²) >= 11 is 0. The van der Waals surface area contributed by atoms with Gasteiger partial charge in [0.05, 0.1) is 24.7 Å². The van der Waals surface area contributed by atoms with Crippen molar-refractivity contribution in [1.29, 1.82) is 0 Å². The van der Waals surface area contributed by atoms with Crippen LogP contribution in [-0.2, 0) is 23.9 Å². The van der Waals surface area contributed by atoms with E-state index in [4.69, 9.17) is 9.47 Å². The molecule has 2 unspecified atom stereocenters. The van der Waals surface area contributed by atoms with Crippen LogP contribution in [0.25, 0.3) is 0 Å². The van der Waals surface area contributed by atoms with Crippen molar-refractivity contribution in [3.8, 4) is 0 Å². The number of carbonyl (C=O) groups excluding carboxylic acids is 3. The number of likely N-dealkylation sites (tertiary alicyclic amines) is 1. The summed E-state index contributed by atoms with van der Waals surface area (Å²) in [6.45, 7) is 9.51. The maximum atomic E-state index is 13.7. The molecule has 1 aromatic rings. The van der Waals surface area contributed by atoms with Crippen molar-refractivity contribution in [2.75, 3.05) is 43.1 Å². The Morgan fingerprint density at radius 1 is 1.17 bits per heavy atom. The van der Waals surface area contributed by atoms with Crippen LogP contribution < -0.4 is 10.2 Å². The standard InChI is InChI=1S/C26H37N3O6/c1-5-25-13-14-26(35-25)19(20(25)24(33)34-8-4)23(32)29(15-16-30)21(26)22(31)27-17-9-11-18(12-10-17)28(6-2)7-3/h9-12,19-21,30H,5-8,13-16H2,1-4H3,(H,27,31)/t19-,20-,21?,25+,26?/m0/s1. The summed E-state index contributed by atoms with van der Waals surface area (Å²) in [7, 11) is 0. The van der Waals surface area contributed by atoms with E-state index in [9.17, 15) is 19.5 Å². The number of nitrogens with zero attached hydrogens (tertiary/aromatic N) is 2. The lowest BCUT2D eigenvalue weighted by molar-refractivity contribution is -0.160. The van der Waals surface area contributed by atoms with E-state index in [1.807, 2.05) is 31.2 Å². The summed E-state index contributed by atoms with van der Waals surface area (Å²) in [5.41, 5.74) is -0.265. The number of hydrogen-bond acceptors (Lipinski definition) is 7. The molecule has 5 atom stereocenters. The van der Waals surface area contributed by atoms with Crippen LogP contribution in [0.15, 0.2) is 24.3 Å². The van der Waals surface area contributed by atoms with Crippen LogP contribution in [0.5, 0.6) is 0 Å². The second kappa shape index (κ2) is 9.78. The van der Waals surface area contributed by atoms with Crippen LogP contribution in [-0.4, -0.2) is 77.9 Å². The van der Waals surface area contributed by atoms with Gasteiger partial charge in [0.2, 0.25) is 11.8 Å². The van der Waals surface area contributed by atoms with Crippen molar-refractivity contribution >= 4 is 29.2 Å². The summed E-state index contributed by atoms with van der Waals surface area (Å²) in [5, 5.41) is 12.6. The highest BCUT2D eigenvalue weighted by molar-refractivity contribution is 6.03. The topological polar surface area (TPSA) is 108 Å². The first-order valence-corrected chi connectivity index (χ1v) is 12.8. The van der Waals surface area contributed by atoms with Gasteiger partial charge in [-0.2, -0.15) is 0 Å². The number of benzene rings is 1. The molecule has 0 radical (unpaired) electrons. The third kappa shape index (κ3) is 3.89. The minimum Gasteiger partial charge on any atom is -0.466 e. The van der Waals surface area contributed by atoms with E-state index in [1.165, 1.54) is 4.90 Å². The molecule has 192 valence electrons. The van der Waals surface area contributed by atoms with Gasteiger partial charge in [0.1, 0.15) is 17.6 Å². The summed E-state index contributed by atoms with van der Waals surface area (Å²) in [5.74, 6) is -2.72. The largest absolute Gasteiger partial charge is 0.466 e. The van der Waals surface area contributed by atoms with Crippen LogP contribution in [0.1, 0.15) is 47.0 Å². The number of hydrogen-bond donors (Lipinski definition) is 2. The van der Waals surface area contributed by atoms with Crippen molar-refractivity contribution < 1.29 is 29.0 Å². The molecule has 2 bridgehead atoms. The molecule has 4 rings (SSSR count). The Hall–Kier alpha value is -2.65. The number of rotatable bonds is 10. The highest BCUT2D eigenvalue weighted by Crippen LogP contribution is 2.64. The molecule has 1 aromatic carbocycles. The second-order valence-corrected chi connectivity index (χ2v) is 9.55. The second-order valence-electron chi connectivity index (χ2n) is 9.55. The van der Waals surface area contributed by atoms with E-state index >= 15 is 0 Å². The minimum atomic E-state index is -1.12. The van der Waals surface area contributed by atoms with Gasteiger partial charge in [0.25, 0.3) is 0 Å². The quantitative estimate of drug-likeness (QED) is 0.487. The molecule has 3 aliphatic heterocycles. The van der Waals surface area contributed by atoms with Gasteiger partial charge < -0.3 is 29.7 Å². The molecule has 3 fully saturated rings. The maximum Gasteiger partial charge on any atom is 0.312 e. The number of aliphatic hydroxyl groups excluding tert-OH is 1. The Labute approximate surface area is 206 Å². The van der Waals surface area contributed by atoms with Gasteiger partial charge in [-0.3, -0.25) is 14.4 Å². The number of nitrogens with one attached hydrogen (secondary N) is 1. The normalized spacial score (nSPS) is 30.9. The lowest BCUT2D eigenvalue weighted by Gasteiger charge is -2.33. The Kier molecular flexibility index (Phi) is 7.11. The monoisotopic (exact) mass is 487 g/mol. The summed E-state index contributed by atoms with van der Waals surface area (Å²) < 4.78 is 11.9. The van der Waals surface area contributed by atoms with E-state index in [2.05, 4.69) is 24.1 Å². The summed E-state index contributed by atoms with van der Waals surface area (Å²) in [6.07, 6.45) is 1.61. The molecular weight excluding hydrogens is 450 g/mol. The van der Waals surface area contributed by atoms with Gasteiger partial charge in [0, 0.05) is 31.0 Å². The van der Waals surface area contributed by atoms with Gasteiger partial charge in [-0.05, 0) is 64.3 Å². The fourth-order valence-corrected chi connectivity index (χ4v) is 6.51. The molecule has 1 spiro atoms. The third-order valence-electron chi connectivity index (χ3n) is 8.07. The zero-order valence-electron chi connectivity index (χ0n) is 21.1. The fraction of sp³-hybridized carbons (Fsp3) is 0.654. The average molecular weight is 488 g/mol. The van der Waals surface area contributed by atoms with Crippen LogP contribution in [0.4, 0.5) is 11.4 Å². The molecule has 9 nitrogen and oxygen atoms in total. The van der Waals surface area contributed by atoms with E-state index in [-0.39, 0.29) is 31.6 Å². The molecule has 3 saturated heterocycles. The van der Waals surface area contributed by atoms with Gasteiger partial charge in [-0.25, -0.2) is 0 Å². The molecule has 9 heteroatoms. The number of fused-ring (bicyclic) bond motifs is 1. The minimum absolute atomic E-state index is 0.00585. The number of anilines is 2. The zero-order chi connectivity index (χ0) is 25.4. The predicted octanol–water partition coefficient (Wildman–Crippen LogP) is 2.18. The van der Waals surface area contributed by atoms with Crippen molar-refractivity contribution in [2.45, 2.75) is 64.2 Å². The Morgan fingerprint density at radius 3 is 2.43 bits per heavy atom. The maximum absolute atomic E-state index is 13.7. The number of ether oxygens (including phenoxy) is 2. The van der Waals surface area contributed by atoms with E-state index in [0.717, 1.165) is 18.8 Å². The van der Waals surface area contributed by atoms with Gasteiger partial charge >= 0.3 is 5.97 Å². The lowest BCUT2D eigenvalue weighted by atomic mass is 9.65. The molecule has 0 aliphatic carbocycles. The lowest BCUT2D eigenvalue weighted by Crippen LogP contribution is -2.53. The average Bonchev–Trinajstić information content (AvgIpc) is 3.45. The Balaban J connectivity index is 1.65. The molecule has 0 saturated carbocycles. The van der Waals surface area contributed by atoms with Crippen LogP contribution in [0.3, 0.4) is 0 Å². The Morgan fingerprint density at radius 2 is 1.86 bits per heavy atom. The first-order valence-electron chi connectivity index (χ1n) is 12.8. The van der Waals surface area contributed by atoms with Crippen molar-refractivity contribution in [3.63, 3.8) is 0 Å². The fourth-order valence-electron chi connectivity index (χ4n) is 6.51. The van der Waals surface area contributed by atoms with Crippen LogP contribution >= 0.6 is 0 Å². The smallest absolute Gasteiger partial charge is 0.312 e. The van der Waals surface area contributed by atoms with Crippen molar-refractivity contribution in [1.82, 2.24) is 4.90 Å². The van der Waals surface area contributed by atoms with E-state index in [0.29, 0.717) is 24.9 Å². The summed E-state index contributed by atoms with van der Waals surface area (Å²) in [6, 6.07) is 6.65. The number of esters is 1. The van der Waals surface area contributed by atoms with E-state index < -0.39 is 35.0 Å². The third-order valence-corrected chi connectivity index (χ3v) is 8.07. The first kappa shape index (κ1) is 25.4. The Bertz CT molecular complexity index is 964. The highest BCUT2D eigenvalue weighted by Gasteiger charge is 2.78. The molecule has 3 heterocycles. The molecule has 2 N–H and O–H groups in total. The molecule has 0 aromatic heterocycles. The molecule has 3 aliphatic rings. The SMILES string of the molecule is CCOC(=O)[C@@H]1[C@H]2C(=O)N(CCO)C(C(=O)Nc3ccc(N(CC)CC)cc3)C23CC[C@@]1(CC)O3. The highest BCUT2D eigenvalue weighted by atomic mass is 16.6. The van der Waals surface area contributed by atoms with E-state index in [1.54, 1.807) is 6.92 Å². The van der Waals surface area contributed by atoms with Gasteiger partial charge in [-0.1, -0.05) is 6.92 Å². The van der Waals surface area contributed by atoms with Crippen LogP contribution in [0.2, 0.25) is 0 Å². The van der Waals surface area contributed by atoms with Crippen molar-refractivity contribution in [3.05, 3.63) is 24.3 Å².